The third-order valence-corrected chi connectivity index (χ3v) is 4.43. The van der Waals surface area contributed by atoms with E-state index in [0.29, 0.717) is 10.8 Å². The molecule has 2 atom stereocenters. The molecule has 3 aromatic rings. The minimum absolute atomic E-state index is 0.176. The maximum absolute atomic E-state index is 12.1. The minimum Gasteiger partial charge on any atom is -0.431 e. The van der Waals surface area contributed by atoms with Crippen LogP contribution in [-0.4, -0.2) is 27.8 Å². The van der Waals surface area contributed by atoms with Crippen molar-refractivity contribution in [2.45, 2.75) is 24.3 Å². The fraction of sp³-hybridized carbons (Fsp3) is 0.222. The van der Waals surface area contributed by atoms with E-state index in [1.807, 2.05) is 54.6 Å². The largest absolute Gasteiger partial charge is 0.431 e. The highest BCUT2D eigenvalue weighted by atomic mass is 32.2. The molecule has 2 aromatic carbocycles. The van der Waals surface area contributed by atoms with E-state index in [-0.39, 0.29) is 17.7 Å². The number of oxazole rings is 1. The topological polar surface area (TPSA) is 75.4 Å². The molecular formula is C18H18N2O3S. The Balaban J connectivity index is 1.53. The van der Waals surface area contributed by atoms with E-state index in [2.05, 4.69) is 10.3 Å². The SMILES string of the molecule is C[C@@H](NC(=O)CSc1nc2ccccc2o1)[C@@H](O)c1ccccc1. The molecule has 0 bridgehead atoms. The molecule has 1 amide bonds. The molecule has 0 saturated carbocycles. The number of fused-ring (bicyclic) bond motifs is 1. The van der Waals surface area contributed by atoms with Crippen molar-refractivity contribution in [2.75, 3.05) is 5.75 Å². The van der Waals surface area contributed by atoms with Crippen molar-refractivity contribution >= 4 is 28.8 Å². The summed E-state index contributed by atoms with van der Waals surface area (Å²) >= 11 is 1.23. The molecule has 0 unspecified atom stereocenters. The second kappa shape index (κ2) is 7.51. The van der Waals surface area contributed by atoms with Gasteiger partial charge >= 0.3 is 0 Å². The molecule has 6 heteroatoms. The molecule has 0 spiro atoms. The molecule has 24 heavy (non-hydrogen) atoms. The summed E-state index contributed by atoms with van der Waals surface area (Å²) in [6.45, 7) is 1.78. The van der Waals surface area contributed by atoms with Crippen LogP contribution in [0.25, 0.3) is 11.1 Å². The summed E-state index contributed by atoms with van der Waals surface area (Å²) in [5.41, 5.74) is 2.25. The zero-order chi connectivity index (χ0) is 16.9. The van der Waals surface area contributed by atoms with Gasteiger partial charge in [-0.15, -0.1) is 0 Å². The lowest BCUT2D eigenvalue weighted by atomic mass is 10.0. The smallest absolute Gasteiger partial charge is 0.257 e. The molecule has 0 fully saturated rings. The molecule has 124 valence electrons. The number of thioether (sulfide) groups is 1. The lowest BCUT2D eigenvalue weighted by molar-refractivity contribution is -0.119. The van der Waals surface area contributed by atoms with Gasteiger partial charge in [-0.25, -0.2) is 4.98 Å². The van der Waals surface area contributed by atoms with Crippen LogP contribution < -0.4 is 5.32 Å². The zero-order valence-corrected chi connectivity index (χ0v) is 14.0. The van der Waals surface area contributed by atoms with Gasteiger partial charge in [0, 0.05) is 0 Å². The minimum atomic E-state index is -0.746. The lowest BCUT2D eigenvalue weighted by Crippen LogP contribution is -2.38. The average Bonchev–Trinajstić information content (AvgIpc) is 3.03. The number of benzene rings is 2. The number of hydrogen-bond donors (Lipinski definition) is 2. The Morgan fingerprint density at radius 3 is 2.67 bits per heavy atom. The number of aliphatic hydroxyl groups is 1. The van der Waals surface area contributed by atoms with Gasteiger partial charge in [0.1, 0.15) is 5.52 Å². The maximum atomic E-state index is 12.1. The van der Waals surface area contributed by atoms with Crippen LogP contribution in [0.1, 0.15) is 18.6 Å². The van der Waals surface area contributed by atoms with Crippen LogP contribution in [0, 0.1) is 0 Å². The standard InChI is InChI=1S/C18H18N2O3S/c1-12(17(22)13-7-3-2-4-8-13)19-16(21)11-24-18-20-14-9-5-6-10-15(14)23-18/h2-10,12,17,22H,11H2,1H3,(H,19,21)/t12-,17-/m1/s1. The normalized spacial score (nSPS) is 13.6. The van der Waals surface area contributed by atoms with Gasteiger partial charge in [-0.1, -0.05) is 54.2 Å². The summed E-state index contributed by atoms with van der Waals surface area (Å²) in [4.78, 5) is 16.4. The van der Waals surface area contributed by atoms with Gasteiger partial charge in [0.25, 0.3) is 5.22 Å². The van der Waals surface area contributed by atoms with Crippen LogP contribution in [0.4, 0.5) is 0 Å². The molecule has 0 aliphatic rings. The number of rotatable bonds is 6. The van der Waals surface area contributed by atoms with Gasteiger partial charge in [-0.2, -0.15) is 0 Å². The third-order valence-electron chi connectivity index (χ3n) is 3.60. The van der Waals surface area contributed by atoms with Crippen LogP contribution >= 0.6 is 11.8 Å². The van der Waals surface area contributed by atoms with Gasteiger partial charge < -0.3 is 14.8 Å². The van der Waals surface area contributed by atoms with E-state index >= 15 is 0 Å². The van der Waals surface area contributed by atoms with E-state index in [4.69, 9.17) is 4.42 Å². The van der Waals surface area contributed by atoms with Crippen LogP contribution in [0.2, 0.25) is 0 Å². The highest BCUT2D eigenvalue weighted by molar-refractivity contribution is 7.99. The van der Waals surface area contributed by atoms with E-state index in [1.165, 1.54) is 11.8 Å². The number of aliphatic hydroxyl groups excluding tert-OH is 1. The first kappa shape index (κ1) is 16.5. The number of hydrogen-bond acceptors (Lipinski definition) is 5. The van der Waals surface area contributed by atoms with Gasteiger partial charge in [-0.05, 0) is 24.6 Å². The number of carbonyl (C=O) groups excluding carboxylic acids is 1. The van der Waals surface area contributed by atoms with E-state index in [1.54, 1.807) is 6.92 Å². The maximum Gasteiger partial charge on any atom is 0.257 e. The molecule has 3 rings (SSSR count). The predicted octanol–water partition coefficient (Wildman–Crippen LogP) is 3.16. The van der Waals surface area contributed by atoms with Gasteiger partial charge in [0.15, 0.2) is 5.58 Å². The van der Waals surface area contributed by atoms with Crippen molar-refractivity contribution in [2.24, 2.45) is 0 Å². The van der Waals surface area contributed by atoms with Crippen molar-refractivity contribution in [3.05, 3.63) is 60.2 Å². The van der Waals surface area contributed by atoms with Crippen molar-refractivity contribution < 1.29 is 14.3 Å². The highest BCUT2D eigenvalue weighted by Crippen LogP contribution is 2.23. The van der Waals surface area contributed by atoms with E-state index in [0.717, 1.165) is 11.1 Å². The number of para-hydroxylation sites is 2. The molecular weight excluding hydrogens is 324 g/mol. The van der Waals surface area contributed by atoms with Crippen LogP contribution in [0.5, 0.6) is 0 Å². The van der Waals surface area contributed by atoms with Crippen LogP contribution in [-0.2, 0) is 4.79 Å². The number of nitrogens with zero attached hydrogens (tertiary/aromatic N) is 1. The molecule has 5 nitrogen and oxygen atoms in total. The first-order valence-corrected chi connectivity index (χ1v) is 8.63. The van der Waals surface area contributed by atoms with Gasteiger partial charge in [-0.3, -0.25) is 4.79 Å². The van der Waals surface area contributed by atoms with Gasteiger partial charge in [0.05, 0.1) is 17.9 Å². The molecule has 0 aliphatic carbocycles. The summed E-state index contributed by atoms with van der Waals surface area (Å²) < 4.78 is 5.56. The fourth-order valence-corrected chi connectivity index (χ4v) is 3.00. The Labute approximate surface area is 144 Å². The monoisotopic (exact) mass is 342 g/mol. The van der Waals surface area contributed by atoms with Gasteiger partial charge in [0.2, 0.25) is 5.91 Å². The molecule has 0 radical (unpaired) electrons. The highest BCUT2D eigenvalue weighted by Gasteiger charge is 2.18. The second-order valence-corrected chi connectivity index (χ2v) is 6.37. The Bertz CT molecular complexity index is 786. The summed E-state index contributed by atoms with van der Waals surface area (Å²) in [5.74, 6) is 0.00307. The summed E-state index contributed by atoms with van der Waals surface area (Å²) in [6, 6.07) is 16.3. The van der Waals surface area contributed by atoms with Crippen molar-refractivity contribution in [1.29, 1.82) is 0 Å². The lowest BCUT2D eigenvalue weighted by Gasteiger charge is -2.20. The predicted molar refractivity (Wildman–Crippen MR) is 93.7 cm³/mol. The Kier molecular flexibility index (Phi) is 5.17. The van der Waals surface area contributed by atoms with E-state index < -0.39 is 6.10 Å². The first-order chi connectivity index (χ1) is 11.6. The van der Waals surface area contributed by atoms with Crippen molar-refractivity contribution in [3.8, 4) is 0 Å². The number of carbonyl (C=O) groups is 1. The first-order valence-electron chi connectivity index (χ1n) is 7.64. The van der Waals surface area contributed by atoms with Crippen LogP contribution in [0.3, 0.4) is 0 Å². The second-order valence-electron chi connectivity index (χ2n) is 5.45. The Hall–Kier alpha value is -2.31. The molecule has 2 N–H and O–H groups in total. The Morgan fingerprint density at radius 2 is 1.92 bits per heavy atom. The summed E-state index contributed by atoms with van der Waals surface area (Å²) in [6.07, 6.45) is -0.746. The third kappa shape index (κ3) is 3.96. The number of amides is 1. The summed E-state index contributed by atoms with van der Waals surface area (Å²) in [7, 11) is 0. The summed E-state index contributed by atoms with van der Waals surface area (Å²) in [5, 5.41) is 13.5. The Morgan fingerprint density at radius 1 is 1.21 bits per heavy atom. The average molecular weight is 342 g/mol. The number of nitrogens with one attached hydrogen (secondary N) is 1. The molecule has 0 saturated heterocycles. The molecule has 1 heterocycles. The molecule has 1 aromatic heterocycles. The molecule has 0 aliphatic heterocycles. The zero-order valence-electron chi connectivity index (χ0n) is 13.2. The number of aromatic nitrogens is 1. The quantitative estimate of drug-likeness (QED) is 0.673. The van der Waals surface area contributed by atoms with Crippen LogP contribution in [0.15, 0.2) is 64.2 Å². The van der Waals surface area contributed by atoms with Crippen molar-refractivity contribution in [1.82, 2.24) is 10.3 Å². The van der Waals surface area contributed by atoms with Crippen molar-refractivity contribution in [3.63, 3.8) is 0 Å². The fourth-order valence-electron chi connectivity index (χ4n) is 2.35. The van der Waals surface area contributed by atoms with E-state index in [9.17, 15) is 9.90 Å².